The molecule has 3 rings (SSSR count). The van der Waals surface area contributed by atoms with Gasteiger partial charge in [-0.1, -0.05) is 0 Å². The highest BCUT2D eigenvalue weighted by Gasteiger charge is 2.43. The number of hydrogen-bond acceptors (Lipinski definition) is 5. The van der Waals surface area contributed by atoms with E-state index >= 15 is 0 Å². The van der Waals surface area contributed by atoms with Gasteiger partial charge in [0.2, 0.25) is 0 Å². The average molecular weight is 335 g/mol. The maximum absolute atomic E-state index is 12.6. The first-order valence-corrected chi connectivity index (χ1v) is 8.28. The first-order chi connectivity index (χ1) is 11.2. The van der Waals surface area contributed by atoms with E-state index in [2.05, 4.69) is 15.5 Å². The first-order valence-electron chi connectivity index (χ1n) is 8.28. The lowest BCUT2D eigenvalue weighted by atomic mass is 9.80. The Labute approximate surface area is 141 Å². The van der Waals surface area contributed by atoms with E-state index in [4.69, 9.17) is 10.5 Å². The van der Waals surface area contributed by atoms with E-state index in [1.165, 1.54) is 0 Å². The number of H-pyrrole nitrogens is 1. The molecule has 1 unspecified atom stereocenters. The zero-order valence-electron chi connectivity index (χ0n) is 14.4. The summed E-state index contributed by atoms with van der Waals surface area (Å²) >= 11 is 0. The Kier molecular flexibility index (Phi) is 4.03. The van der Waals surface area contributed by atoms with Crippen LogP contribution in [-0.2, 0) is 10.3 Å². The van der Waals surface area contributed by atoms with Crippen molar-refractivity contribution in [2.75, 3.05) is 19.7 Å². The molecule has 1 atom stereocenters. The van der Waals surface area contributed by atoms with Crippen LogP contribution >= 0.6 is 0 Å². The van der Waals surface area contributed by atoms with Crippen LogP contribution in [0.4, 0.5) is 4.79 Å². The van der Waals surface area contributed by atoms with Crippen LogP contribution < -0.4 is 11.1 Å². The summed E-state index contributed by atoms with van der Waals surface area (Å²) < 4.78 is 5.04. The highest BCUT2D eigenvalue weighted by atomic mass is 16.6. The first kappa shape index (κ1) is 16.8. The number of hydrogen-bond donors (Lipinski definition) is 3. The predicted molar refractivity (Wildman–Crippen MR) is 87.3 cm³/mol. The number of carbonyl (C=O) groups is 2. The fraction of sp³-hybridized carbons (Fsp3) is 0.688. The fourth-order valence-electron chi connectivity index (χ4n) is 3.38. The lowest BCUT2D eigenvalue weighted by Gasteiger charge is -2.38. The van der Waals surface area contributed by atoms with E-state index in [0.717, 1.165) is 18.5 Å². The van der Waals surface area contributed by atoms with E-state index in [0.29, 0.717) is 31.3 Å². The van der Waals surface area contributed by atoms with Gasteiger partial charge in [-0.05, 0) is 45.6 Å². The number of cyclic esters (lactones) is 1. The van der Waals surface area contributed by atoms with Crippen molar-refractivity contribution in [3.8, 4) is 0 Å². The number of likely N-dealkylation sites (tertiary alicyclic amines) is 1. The molecule has 132 valence electrons. The number of aromatic nitrogens is 2. The molecule has 24 heavy (non-hydrogen) atoms. The second-order valence-electron chi connectivity index (χ2n) is 7.57. The van der Waals surface area contributed by atoms with Crippen molar-refractivity contribution in [1.82, 2.24) is 20.4 Å². The second-order valence-corrected chi connectivity index (χ2v) is 7.57. The average Bonchev–Trinajstić information content (AvgIpc) is 3.14. The molecule has 0 saturated carbocycles. The summed E-state index contributed by atoms with van der Waals surface area (Å²) in [4.78, 5) is 25.7. The maximum atomic E-state index is 12.6. The minimum Gasteiger partial charge on any atom is -0.447 e. The molecule has 1 aromatic rings. The van der Waals surface area contributed by atoms with Gasteiger partial charge < -0.3 is 20.7 Å². The summed E-state index contributed by atoms with van der Waals surface area (Å²) in [6, 6.07) is 1.72. The molecule has 0 aromatic carbocycles. The summed E-state index contributed by atoms with van der Waals surface area (Å²) in [7, 11) is 0. The normalized spacial score (nSPS) is 25.5. The molecule has 2 amide bonds. The van der Waals surface area contributed by atoms with Gasteiger partial charge in [0.1, 0.15) is 12.3 Å². The van der Waals surface area contributed by atoms with Crippen molar-refractivity contribution in [3.63, 3.8) is 0 Å². The van der Waals surface area contributed by atoms with Gasteiger partial charge in [0.15, 0.2) is 0 Å². The molecule has 0 spiro atoms. The molecular weight excluding hydrogens is 310 g/mol. The maximum Gasteiger partial charge on any atom is 0.407 e. The Balaban J connectivity index is 1.61. The lowest BCUT2D eigenvalue weighted by molar-refractivity contribution is 0.0618. The Morgan fingerprint density at radius 1 is 1.46 bits per heavy atom. The zero-order valence-corrected chi connectivity index (χ0v) is 14.4. The van der Waals surface area contributed by atoms with Gasteiger partial charge in [0.25, 0.3) is 5.91 Å². The van der Waals surface area contributed by atoms with E-state index in [9.17, 15) is 9.59 Å². The molecule has 0 radical (unpaired) electrons. The van der Waals surface area contributed by atoms with Crippen LogP contribution in [0.5, 0.6) is 0 Å². The van der Waals surface area contributed by atoms with Crippen LogP contribution in [0.25, 0.3) is 0 Å². The topological polar surface area (TPSA) is 113 Å². The van der Waals surface area contributed by atoms with Gasteiger partial charge in [-0.2, -0.15) is 5.10 Å². The number of amides is 2. The quantitative estimate of drug-likeness (QED) is 0.761. The van der Waals surface area contributed by atoms with Crippen LogP contribution in [0, 0.1) is 5.92 Å². The Morgan fingerprint density at radius 3 is 2.62 bits per heavy atom. The predicted octanol–water partition coefficient (Wildman–Crippen LogP) is 0.954. The summed E-state index contributed by atoms with van der Waals surface area (Å²) in [5.74, 6) is 0.211. The van der Waals surface area contributed by atoms with Crippen molar-refractivity contribution in [3.05, 3.63) is 17.5 Å². The minimum atomic E-state index is -0.562. The molecule has 2 aliphatic rings. The molecule has 8 heteroatoms. The molecule has 0 bridgehead atoms. The molecule has 3 heterocycles. The van der Waals surface area contributed by atoms with E-state index in [1.807, 2.05) is 20.8 Å². The minimum absolute atomic E-state index is 0.0861. The van der Waals surface area contributed by atoms with Gasteiger partial charge in [-0.25, -0.2) is 4.79 Å². The van der Waals surface area contributed by atoms with Gasteiger partial charge in [-0.3, -0.25) is 9.89 Å². The number of carbonyl (C=O) groups excluding carboxylic acids is 2. The summed E-state index contributed by atoms with van der Waals surface area (Å²) in [5.41, 5.74) is 6.25. The van der Waals surface area contributed by atoms with Crippen molar-refractivity contribution in [2.24, 2.45) is 11.7 Å². The lowest BCUT2D eigenvalue weighted by Crippen LogP contribution is -2.52. The number of piperidine rings is 1. The highest BCUT2D eigenvalue weighted by Crippen LogP contribution is 2.31. The van der Waals surface area contributed by atoms with Gasteiger partial charge in [-0.15, -0.1) is 0 Å². The van der Waals surface area contributed by atoms with Crippen molar-refractivity contribution in [2.45, 2.75) is 44.7 Å². The summed E-state index contributed by atoms with van der Waals surface area (Å²) in [5, 5.41) is 9.85. The van der Waals surface area contributed by atoms with Gasteiger partial charge in [0.05, 0.1) is 16.8 Å². The van der Waals surface area contributed by atoms with Crippen molar-refractivity contribution >= 4 is 12.0 Å². The Morgan fingerprint density at radius 2 is 2.12 bits per heavy atom. The number of nitrogens with zero attached hydrogens (tertiary/aromatic N) is 2. The number of ether oxygens (including phenoxy) is 1. The summed E-state index contributed by atoms with van der Waals surface area (Å²) in [6.07, 6.45) is 1.29. The van der Waals surface area contributed by atoms with Crippen molar-refractivity contribution in [1.29, 1.82) is 0 Å². The third-order valence-electron chi connectivity index (χ3n) is 5.07. The summed E-state index contributed by atoms with van der Waals surface area (Å²) in [6.45, 7) is 7.40. The third-order valence-corrected chi connectivity index (χ3v) is 5.07. The van der Waals surface area contributed by atoms with Crippen molar-refractivity contribution < 1.29 is 14.3 Å². The van der Waals surface area contributed by atoms with Crippen LogP contribution in [0.15, 0.2) is 6.07 Å². The molecule has 2 saturated heterocycles. The van der Waals surface area contributed by atoms with Gasteiger partial charge >= 0.3 is 6.09 Å². The molecule has 2 fully saturated rings. The van der Waals surface area contributed by atoms with Gasteiger partial charge in [0, 0.05) is 13.1 Å². The van der Waals surface area contributed by atoms with Crippen LogP contribution in [0.1, 0.15) is 49.8 Å². The number of alkyl carbamates (subject to hydrolysis) is 1. The molecule has 1 aromatic heterocycles. The largest absolute Gasteiger partial charge is 0.447 e. The van der Waals surface area contributed by atoms with Crippen LogP contribution in [0.3, 0.4) is 0 Å². The standard InChI is InChI=1S/C16H25N5O3/c1-15(2,17)12-8-11(19-20-12)13(22)21-6-4-10(5-7-21)16(3)9-24-14(23)18-16/h8,10H,4-7,9,17H2,1-3H3,(H,18,23)(H,19,20). The molecule has 2 aliphatic heterocycles. The second kappa shape index (κ2) is 5.77. The Bertz CT molecular complexity index is 642. The Hall–Kier alpha value is -2.09. The SMILES string of the molecule is CC(C)(N)c1cc(C(=O)N2CCC(C3(C)COC(=O)N3)CC2)n[nH]1. The molecule has 8 nitrogen and oxygen atoms in total. The van der Waals surface area contributed by atoms with Crippen LogP contribution in [0.2, 0.25) is 0 Å². The monoisotopic (exact) mass is 335 g/mol. The van der Waals surface area contributed by atoms with Crippen LogP contribution in [-0.4, -0.2) is 52.3 Å². The third kappa shape index (κ3) is 3.10. The zero-order chi connectivity index (χ0) is 17.5. The highest BCUT2D eigenvalue weighted by molar-refractivity contribution is 5.92. The number of nitrogens with one attached hydrogen (secondary N) is 2. The molecule has 0 aliphatic carbocycles. The number of rotatable bonds is 3. The van der Waals surface area contributed by atoms with E-state index in [-0.39, 0.29) is 17.5 Å². The fourth-order valence-corrected chi connectivity index (χ4v) is 3.38. The molecule has 4 N–H and O–H groups in total. The van der Waals surface area contributed by atoms with E-state index in [1.54, 1.807) is 11.0 Å². The molecular formula is C16H25N5O3. The van der Waals surface area contributed by atoms with E-state index < -0.39 is 5.54 Å². The number of nitrogens with two attached hydrogens (primary N) is 1. The number of aromatic amines is 1. The smallest absolute Gasteiger partial charge is 0.407 e.